The smallest absolute Gasteiger partial charge is 0.244 e. The minimum absolute atomic E-state index is 0.00393. The van der Waals surface area contributed by atoms with Crippen LogP contribution in [0.15, 0.2) is 65.9 Å². The predicted molar refractivity (Wildman–Crippen MR) is 166 cm³/mol. The molecule has 0 radical (unpaired) electrons. The third-order valence-corrected chi connectivity index (χ3v) is 7.68. The largest absolute Gasteiger partial charge is 0.493 e. The summed E-state index contributed by atoms with van der Waals surface area (Å²) in [7, 11) is 1.57. The highest BCUT2D eigenvalue weighted by Crippen LogP contribution is 2.37. The van der Waals surface area contributed by atoms with Crippen molar-refractivity contribution in [2.24, 2.45) is 5.10 Å². The number of carbonyl (C=O) groups excluding carboxylic acids is 1. The molecule has 1 saturated heterocycles. The summed E-state index contributed by atoms with van der Waals surface area (Å²) in [6, 6.07) is 14.6. The van der Waals surface area contributed by atoms with E-state index in [0.29, 0.717) is 55.9 Å². The van der Waals surface area contributed by atoms with E-state index in [9.17, 15) is 4.79 Å². The molecule has 8 nitrogen and oxygen atoms in total. The van der Waals surface area contributed by atoms with E-state index in [0.717, 1.165) is 26.1 Å². The lowest BCUT2D eigenvalue weighted by atomic mass is 10.1. The van der Waals surface area contributed by atoms with Crippen LogP contribution < -0.4 is 19.6 Å². The number of nitrogens with zero attached hydrogens (tertiary/aromatic N) is 3. The first-order valence-electron chi connectivity index (χ1n) is 14.0. The summed E-state index contributed by atoms with van der Waals surface area (Å²) in [5.41, 5.74) is 3.95. The van der Waals surface area contributed by atoms with E-state index in [4.69, 9.17) is 37.4 Å². The van der Waals surface area contributed by atoms with Gasteiger partial charge in [0.2, 0.25) is 5.91 Å². The van der Waals surface area contributed by atoms with Gasteiger partial charge >= 0.3 is 0 Å². The summed E-state index contributed by atoms with van der Waals surface area (Å²) in [6.07, 6.45) is 6.30. The van der Waals surface area contributed by atoms with Crippen molar-refractivity contribution >= 4 is 46.2 Å². The van der Waals surface area contributed by atoms with Gasteiger partial charge in [-0.2, -0.15) is 5.10 Å². The Morgan fingerprint density at radius 3 is 2.58 bits per heavy atom. The lowest BCUT2D eigenvalue weighted by Gasteiger charge is -2.16. The van der Waals surface area contributed by atoms with Crippen molar-refractivity contribution in [3.63, 3.8) is 0 Å². The zero-order chi connectivity index (χ0) is 30.2. The van der Waals surface area contributed by atoms with Gasteiger partial charge in [-0.25, -0.2) is 9.82 Å². The van der Waals surface area contributed by atoms with Crippen molar-refractivity contribution in [2.45, 2.75) is 25.7 Å². The summed E-state index contributed by atoms with van der Waals surface area (Å²) in [6.45, 7) is 3.88. The van der Waals surface area contributed by atoms with Gasteiger partial charge in [0.1, 0.15) is 5.75 Å². The Labute approximate surface area is 259 Å². The highest BCUT2D eigenvalue weighted by Gasteiger charge is 2.15. The van der Waals surface area contributed by atoms with Gasteiger partial charge < -0.3 is 19.1 Å². The van der Waals surface area contributed by atoms with Crippen molar-refractivity contribution < 1.29 is 23.4 Å². The van der Waals surface area contributed by atoms with E-state index in [-0.39, 0.29) is 12.2 Å². The van der Waals surface area contributed by atoms with Crippen LogP contribution in [0.1, 0.15) is 30.4 Å². The Bertz CT molecular complexity index is 1610. The van der Waals surface area contributed by atoms with Gasteiger partial charge in [0.15, 0.2) is 23.1 Å². The fourth-order valence-electron chi connectivity index (χ4n) is 4.85. The molecule has 0 saturated carbocycles. The number of benzene rings is 3. The summed E-state index contributed by atoms with van der Waals surface area (Å²) in [5, 5.41) is 5.35. The molecule has 11 heteroatoms. The number of ether oxygens (including phenoxy) is 3. The number of rotatable bonds is 12. The normalized spacial score (nSPS) is 13.5. The van der Waals surface area contributed by atoms with Crippen molar-refractivity contribution in [1.82, 2.24) is 15.3 Å². The molecule has 1 N–H and O–H groups in total. The zero-order valence-electron chi connectivity index (χ0n) is 23.6. The summed E-state index contributed by atoms with van der Waals surface area (Å²) in [5.74, 6) is 0.479. The first-order chi connectivity index (χ1) is 20.9. The first-order valence-corrected chi connectivity index (χ1v) is 14.7. The molecule has 4 aromatic rings. The van der Waals surface area contributed by atoms with Gasteiger partial charge in [-0.05, 0) is 74.3 Å². The molecule has 1 aliphatic rings. The van der Waals surface area contributed by atoms with Gasteiger partial charge in [0.25, 0.3) is 0 Å². The number of methoxy groups -OCH3 is 1. The molecule has 1 amide bonds. The van der Waals surface area contributed by atoms with Crippen LogP contribution in [0.4, 0.5) is 4.39 Å². The SMILES string of the molecule is COc1cc2c(Oc3ccc(CC(=O)N/N=C/c4c(Cl)cccc4Cl)cc3F)ccnc2cc1OCCCN1CCCC1. The van der Waals surface area contributed by atoms with Gasteiger partial charge in [0.05, 0.1) is 41.9 Å². The number of halogens is 3. The lowest BCUT2D eigenvalue weighted by Crippen LogP contribution is -2.21. The monoisotopic (exact) mass is 624 g/mol. The van der Waals surface area contributed by atoms with Gasteiger partial charge in [0, 0.05) is 29.8 Å². The molecule has 0 bridgehead atoms. The second-order valence-corrected chi connectivity index (χ2v) is 10.9. The molecule has 0 unspecified atom stereocenters. The number of hydrogen-bond acceptors (Lipinski definition) is 7. The Hall–Kier alpha value is -3.92. The molecule has 0 aliphatic carbocycles. The van der Waals surface area contributed by atoms with Crippen LogP contribution in [0.2, 0.25) is 10.0 Å². The third kappa shape index (κ3) is 7.93. The molecule has 224 valence electrons. The van der Waals surface area contributed by atoms with Crippen LogP contribution in [0.25, 0.3) is 10.9 Å². The van der Waals surface area contributed by atoms with Crippen LogP contribution in [0.5, 0.6) is 23.0 Å². The molecule has 2 heterocycles. The fraction of sp³-hybridized carbons (Fsp3) is 0.281. The Balaban J connectivity index is 1.22. The van der Waals surface area contributed by atoms with Crippen LogP contribution >= 0.6 is 23.2 Å². The number of hydrazone groups is 1. The molecule has 5 rings (SSSR count). The maximum Gasteiger partial charge on any atom is 0.244 e. The molecule has 0 spiro atoms. The molecule has 1 fully saturated rings. The average molecular weight is 626 g/mol. The van der Waals surface area contributed by atoms with E-state index in [1.54, 1.807) is 55.8 Å². The number of hydrogen-bond donors (Lipinski definition) is 1. The number of amides is 1. The van der Waals surface area contributed by atoms with E-state index >= 15 is 4.39 Å². The number of likely N-dealkylation sites (tertiary alicyclic amines) is 1. The number of aromatic nitrogens is 1. The van der Waals surface area contributed by atoms with E-state index < -0.39 is 11.7 Å². The van der Waals surface area contributed by atoms with Crippen molar-refractivity contribution in [2.75, 3.05) is 33.4 Å². The van der Waals surface area contributed by atoms with Crippen molar-refractivity contribution in [3.05, 3.63) is 87.8 Å². The predicted octanol–water partition coefficient (Wildman–Crippen LogP) is 7.04. The fourth-order valence-corrected chi connectivity index (χ4v) is 5.34. The van der Waals surface area contributed by atoms with Gasteiger partial charge in [-0.1, -0.05) is 35.3 Å². The molecular weight excluding hydrogens is 594 g/mol. The van der Waals surface area contributed by atoms with Crippen LogP contribution in [0.3, 0.4) is 0 Å². The first kappa shape index (κ1) is 30.5. The number of fused-ring (bicyclic) bond motifs is 1. The minimum atomic E-state index is -0.619. The minimum Gasteiger partial charge on any atom is -0.493 e. The van der Waals surface area contributed by atoms with Crippen molar-refractivity contribution in [3.8, 4) is 23.0 Å². The van der Waals surface area contributed by atoms with E-state index in [2.05, 4.69) is 20.4 Å². The second-order valence-electron chi connectivity index (χ2n) is 10.1. The Morgan fingerprint density at radius 2 is 1.84 bits per heavy atom. The average Bonchev–Trinajstić information content (AvgIpc) is 3.51. The Kier molecular flexibility index (Phi) is 10.3. The molecule has 1 aromatic heterocycles. The molecule has 3 aromatic carbocycles. The summed E-state index contributed by atoms with van der Waals surface area (Å²) >= 11 is 12.2. The van der Waals surface area contributed by atoms with Crippen LogP contribution in [-0.2, 0) is 11.2 Å². The summed E-state index contributed by atoms with van der Waals surface area (Å²) in [4.78, 5) is 19.3. The maximum atomic E-state index is 15.1. The zero-order valence-corrected chi connectivity index (χ0v) is 25.1. The van der Waals surface area contributed by atoms with E-state index in [1.165, 1.54) is 31.2 Å². The van der Waals surface area contributed by atoms with Crippen LogP contribution in [0, 0.1) is 5.82 Å². The third-order valence-electron chi connectivity index (χ3n) is 7.03. The standard InChI is InChI=1S/C32H31Cl2FN4O4/c1-41-30-18-22-27(19-31(30)42-15-5-14-39-12-2-3-13-39)36-11-10-28(22)43-29-9-8-21(16-26(29)35)17-32(40)38-37-20-23-24(33)6-4-7-25(23)34/h4,6-11,16,18-20H,2-3,5,12-15,17H2,1H3,(H,38,40)/b37-20+. The van der Waals surface area contributed by atoms with Gasteiger partial charge in [-0.3, -0.25) is 9.78 Å². The number of pyridine rings is 1. The molecule has 43 heavy (non-hydrogen) atoms. The summed E-state index contributed by atoms with van der Waals surface area (Å²) < 4.78 is 32.6. The topological polar surface area (TPSA) is 85.3 Å². The number of carbonyl (C=O) groups is 1. The second kappa shape index (κ2) is 14.5. The molecule has 1 aliphatic heterocycles. The lowest BCUT2D eigenvalue weighted by molar-refractivity contribution is -0.120. The highest BCUT2D eigenvalue weighted by atomic mass is 35.5. The number of nitrogens with one attached hydrogen (secondary N) is 1. The van der Waals surface area contributed by atoms with E-state index in [1.807, 2.05) is 0 Å². The molecular formula is C32H31Cl2FN4O4. The van der Waals surface area contributed by atoms with Crippen LogP contribution in [-0.4, -0.2) is 55.4 Å². The quantitative estimate of drug-likeness (QED) is 0.103. The molecule has 0 atom stereocenters. The Morgan fingerprint density at radius 1 is 1.05 bits per heavy atom. The van der Waals surface area contributed by atoms with Crippen molar-refractivity contribution in [1.29, 1.82) is 0 Å². The highest BCUT2D eigenvalue weighted by molar-refractivity contribution is 6.38. The maximum absolute atomic E-state index is 15.1. The van der Waals surface area contributed by atoms with Gasteiger partial charge in [-0.15, -0.1) is 0 Å².